The van der Waals surface area contributed by atoms with Crippen LogP contribution in [-0.2, 0) is 0 Å². The Morgan fingerprint density at radius 2 is 0.905 bits per heavy atom. The Balaban J connectivity index is 1.61. The van der Waals surface area contributed by atoms with Gasteiger partial charge in [-0.05, 0) is 71.3 Å². The van der Waals surface area contributed by atoms with Crippen molar-refractivity contribution >= 4 is 46.4 Å². The average molecular weight is 539 g/mol. The summed E-state index contributed by atoms with van der Waals surface area (Å²) in [6.45, 7) is 0. The van der Waals surface area contributed by atoms with Crippen molar-refractivity contribution in [3.63, 3.8) is 0 Å². The number of nitrogens with zero attached hydrogens (tertiary/aromatic N) is 2. The molecule has 0 saturated carbocycles. The van der Waals surface area contributed by atoms with Gasteiger partial charge < -0.3 is 9.97 Å². The number of hydrogen-bond acceptors (Lipinski definition) is 2. The Kier molecular flexibility index (Phi) is 5.75. The highest BCUT2D eigenvalue weighted by atomic mass is 14.8. The summed E-state index contributed by atoms with van der Waals surface area (Å²) in [6.07, 6.45) is 8.34. The second kappa shape index (κ2) is 10.0. The number of nitrogens with one attached hydrogen (secondary N) is 2. The maximum absolute atomic E-state index is 5.15. The largest absolute Gasteiger partial charge is 0.355 e. The smallest absolute Gasteiger partial charge is 0.0737 e. The molecule has 0 fully saturated rings. The monoisotopic (exact) mass is 538 g/mol. The quantitative estimate of drug-likeness (QED) is 0.235. The molecule has 0 unspecified atom stereocenters. The second-order valence-electron chi connectivity index (χ2n) is 10.5. The van der Waals surface area contributed by atoms with E-state index in [1.54, 1.807) is 0 Å². The van der Waals surface area contributed by atoms with E-state index in [1.807, 2.05) is 0 Å². The van der Waals surface area contributed by atoms with Crippen LogP contribution in [0.3, 0.4) is 0 Å². The van der Waals surface area contributed by atoms with Gasteiger partial charge in [0.1, 0.15) is 0 Å². The van der Waals surface area contributed by atoms with E-state index in [0.717, 1.165) is 78.2 Å². The van der Waals surface area contributed by atoms with Crippen LogP contribution in [0.4, 0.5) is 0 Å². The van der Waals surface area contributed by atoms with Crippen LogP contribution in [0.1, 0.15) is 22.8 Å². The molecule has 0 atom stereocenters. The Morgan fingerprint density at radius 3 is 1.52 bits per heavy atom. The summed E-state index contributed by atoms with van der Waals surface area (Å²) < 4.78 is 0. The highest BCUT2D eigenvalue weighted by Crippen LogP contribution is 2.43. The van der Waals surface area contributed by atoms with E-state index in [2.05, 4.69) is 156 Å². The van der Waals surface area contributed by atoms with Gasteiger partial charge >= 0.3 is 0 Å². The molecule has 3 aromatic carbocycles. The molecule has 4 heteroatoms. The Labute approximate surface area is 243 Å². The van der Waals surface area contributed by atoms with Crippen LogP contribution in [0.15, 0.2) is 121 Å². The molecular formula is C38H26N4. The van der Waals surface area contributed by atoms with Crippen LogP contribution in [0.25, 0.3) is 79.8 Å². The summed E-state index contributed by atoms with van der Waals surface area (Å²) in [6, 6.07) is 42.2. The summed E-state index contributed by atoms with van der Waals surface area (Å²) in [5.41, 5.74) is 14.3. The van der Waals surface area contributed by atoms with Crippen molar-refractivity contribution in [2.45, 2.75) is 0 Å². The number of hydrogen-bond donors (Lipinski definition) is 2. The molecule has 0 saturated heterocycles. The molecule has 198 valence electrons. The lowest BCUT2D eigenvalue weighted by Gasteiger charge is -2.09. The fraction of sp³-hybridized carbons (Fsp3) is 0. The fourth-order valence-electron chi connectivity index (χ4n) is 5.86. The maximum Gasteiger partial charge on any atom is 0.0737 e. The van der Waals surface area contributed by atoms with E-state index in [1.165, 1.54) is 0 Å². The molecule has 3 aromatic heterocycles. The molecule has 0 radical (unpaired) electrons. The fourth-order valence-corrected chi connectivity index (χ4v) is 5.86. The van der Waals surface area contributed by atoms with Crippen molar-refractivity contribution < 1.29 is 0 Å². The summed E-state index contributed by atoms with van der Waals surface area (Å²) in [5, 5.41) is 0. The van der Waals surface area contributed by atoms with Gasteiger partial charge in [-0.3, -0.25) is 0 Å². The van der Waals surface area contributed by atoms with E-state index >= 15 is 0 Å². The maximum atomic E-state index is 5.15. The third-order valence-electron chi connectivity index (χ3n) is 7.70. The predicted octanol–water partition coefficient (Wildman–Crippen LogP) is 9.66. The van der Waals surface area contributed by atoms with E-state index in [0.29, 0.717) is 0 Å². The van der Waals surface area contributed by atoms with Gasteiger partial charge in [-0.15, -0.1) is 0 Å². The van der Waals surface area contributed by atoms with Crippen molar-refractivity contribution in [1.29, 1.82) is 0 Å². The van der Waals surface area contributed by atoms with Gasteiger partial charge in [-0.2, -0.15) is 0 Å². The number of H-pyrrole nitrogens is 2. The van der Waals surface area contributed by atoms with Gasteiger partial charge in [-0.25, -0.2) is 9.97 Å². The number of benzene rings is 3. The van der Waals surface area contributed by atoms with Crippen LogP contribution in [-0.4, -0.2) is 19.9 Å². The molecule has 0 amide bonds. The van der Waals surface area contributed by atoms with Crippen molar-refractivity contribution in [1.82, 2.24) is 19.9 Å². The number of rotatable bonds is 3. The second-order valence-corrected chi connectivity index (χ2v) is 10.5. The van der Waals surface area contributed by atoms with Crippen molar-refractivity contribution in [3.05, 3.63) is 144 Å². The van der Waals surface area contributed by atoms with Crippen LogP contribution in [0.2, 0.25) is 0 Å². The minimum absolute atomic E-state index is 0.895. The molecule has 0 aliphatic carbocycles. The van der Waals surface area contributed by atoms with Crippen molar-refractivity contribution in [3.8, 4) is 33.4 Å². The molecule has 2 aliphatic heterocycles. The van der Waals surface area contributed by atoms with Crippen LogP contribution in [0.5, 0.6) is 0 Å². The lowest BCUT2D eigenvalue weighted by molar-refractivity contribution is 1.31. The highest BCUT2D eigenvalue weighted by molar-refractivity contribution is 6.08. The third-order valence-corrected chi connectivity index (χ3v) is 7.70. The first-order chi connectivity index (χ1) is 20.8. The average Bonchev–Trinajstić information content (AvgIpc) is 3.84. The zero-order valence-corrected chi connectivity index (χ0v) is 22.8. The molecule has 5 heterocycles. The normalized spacial score (nSPS) is 12.1. The van der Waals surface area contributed by atoms with Gasteiger partial charge in [0.15, 0.2) is 0 Å². The number of fused-ring (bicyclic) bond motifs is 8. The first kappa shape index (κ1) is 24.1. The lowest BCUT2D eigenvalue weighted by Crippen LogP contribution is -1.88. The molecule has 2 N–H and O–H groups in total. The molecule has 8 bridgehead atoms. The number of aromatic nitrogens is 4. The van der Waals surface area contributed by atoms with E-state index in [4.69, 9.17) is 9.97 Å². The first-order valence-corrected chi connectivity index (χ1v) is 14.1. The van der Waals surface area contributed by atoms with Crippen LogP contribution < -0.4 is 0 Å². The van der Waals surface area contributed by atoms with Crippen molar-refractivity contribution in [2.75, 3.05) is 0 Å². The topological polar surface area (TPSA) is 57.4 Å². The third kappa shape index (κ3) is 4.36. The summed E-state index contributed by atoms with van der Waals surface area (Å²) in [7, 11) is 0. The zero-order valence-electron chi connectivity index (χ0n) is 22.8. The zero-order chi connectivity index (χ0) is 27.9. The van der Waals surface area contributed by atoms with Crippen molar-refractivity contribution in [2.24, 2.45) is 0 Å². The molecular weight excluding hydrogens is 512 g/mol. The molecule has 42 heavy (non-hydrogen) atoms. The summed E-state index contributed by atoms with van der Waals surface area (Å²) in [5.74, 6) is 0. The standard InChI is InChI=1S/C38H26N4/c1-4-10-25(11-5-1)35-34-24-32-19-18-29(40-32)22-28-16-17-30(39-28)23-31-20-21-33(41-31)36(26-12-6-2-7-13-26)38(42-34)37(35)27-14-8-3-9-15-27/h1-24,39,42H. The Bertz CT molecular complexity index is 2170. The summed E-state index contributed by atoms with van der Waals surface area (Å²) >= 11 is 0. The van der Waals surface area contributed by atoms with Gasteiger partial charge in [0, 0.05) is 33.2 Å². The van der Waals surface area contributed by atoms with Crippen LogP contribution in [0, 0.1) is 0 Å². The lowest BCUT2D eigenvalue weighted by atomic mass is 9.93. The van der Waals surface area contributed by atoms with Gasteiger partial charge in [0.25, 0.3) is 0 Å². The Morgan fingerprint density at radius 1 is 0.405 bits per heavy atom. The van der Waals surface area contributed by atoms with Gasteiger partial charge in [0.05, 0.1) is 28.3 Å². The minimum Gasteiger partial charge on any atom is -0.355 e. The molecule has 6 aromatic rings. The molecule has 4 nitrogen and oxygen atoms in total. The van der Waals surface area contributed by atoms with Crippen LogP contribution >= 0.6 is 0 Å². The summed E-state index contributed by atoms with van der Waals surface area (Å²) in [4.78, 5) is 17.5. The van der Waals surface area contributed by atoms with E-state index in [-0.39, 0.29) is 0 Å². The Hall–Kier alpha value is -5.74. The predicted molar refractivity (Wildman–Crippen MR) is 175 cm³/mol. The van der Waals surface area contributed by atoms with E-state index < -0.39 is 0 Å². The SMILES string of the molecule is C1=Cc2cc3[nH]c(c(-c4ccccc4)c4nc(cc5ccc(cc1n2)[nH]5)C=C4)c(-c1ccccc1)c3-c1ccccc1. The molecule has 8 rings (SSSR count). The number of aromatic amines is 2. The highest BCUT2D eigenvalue weighted by Gasteiger charge is 2.20. The van der Waals surface area contributed by atoms with Gasteiger partial charge in [-0.1, -0.05) is 91.0 Å². The molecule has 0 spiro atoms. The first-order valence-electron chi connectivity index (χ1n) is 14.1. The van der Waals surface area contributed by atoms with Gasteiger partial charge in [0.2, 0.25) is 0 Å². The minimum atomic E-state index is 0.895. The molecule has 2 aliphatic rings. The van der Waals surface area contributed by atoms with E-state index in [9.17, 15) is 0 Å².